The van der Waals surface area contributed by atoms with Crippen LogP contribution < -0.4 is 5.56 Å². The Labute approximate surface area is 138 Å². The van der Waals surface area contributed by atoms with Crippen LogP contribution in [0.25, 0.3) is 10.6 Å². The highest BCUT2D eigenvalue weighted by Crippen LogP contribution is 2.23. The monoisotopic (exact) mass is 324 g/mol. The fourth-order valence-electron chi connectivity index (χ4n) is 2.47. The van der Waals surface area contributed by atoms with E-state index in [2.05, 4.69) is 5.10 Å². The Morgan fingerprint density at radius 3 is 2.57 bits per heavy atom. The molecule has 116 valence electrons. The van der Waals surface area contributed by atoms with Crippen LogP contribution in [-0.2, 0) is 0 Å². The van der Waals surface area contributed by atoms with Gasteiger partial charge in [0, 0.05) is 11.6 Å². The molecule has 0 spiro atoms. The summed E-state index contributed by atoms with van der Waals surface area (Å²) in [6.07, 6.45) is 0.508. The van der Waals surface area contributed by atoms with Crippen molar-refractivity contribution >= 4 is 17.1 Å². The van der Waals surface area contributed by atoms with Gasteiger partial charge >= 0.3 is 0 Å². The summed E-state index contributed by atoms with van der Waals surface area (Å²) >= 11 is 1.55. The van der Waals surface area contributed by atoms with Crippen LogP contribution in [0.1, 0.15) is 29.7 Å². The van der Waals surface area contributed by atoms with Crippen LogP contribution in [0.5, 0.6) is 0 Å². The number of Topliss-reactive ketones (excluding diaryl/α,β-unsaturated/α-hetero) is 1. The highest BCUT2D eigenvalue weighted by molar-refractivity contribution is 7.13. The van der Waals surface area contributed by atoms with Crippen LogP contribution in [0.3, 0.4) is 0 Å². The van der Waals surface area contributed by atoms with Gasteiger partial charge in [0.1, 0.15) is 11.7 Å². The molecule has 3 aromatic rings. The van der Waals surface area contributed by atoms with Gasteiger partial charge in [-0.05, 0) is 23.9 Å². The molecular formula is C18H16N2O2S. The summed E-state index contributed by atoms with van der Waals surface area (Å²) in [6.45, 7) is 1.89. The maximum absolute atomic E-state index is 12.7. The normalized spacial score (nSPS) is 12.0. The van der Waals surface area contributed by atoms with Crippen molar-refractivity contribution in [3.63, 3.8) is 0 Å². The number of carbonyl (C=O) groups is 1. The predicted molar refractivity (Wildman–Crippen MR) is 91.9 cm³/mol. The Morgan fingerprint density at radius 1 is 1.13 bits per heavy atom. The molecule has 0 unspecified atom stereocenters. The second-order valence-electron chi connectivity index (χ2n) is 5.13. The molecule has 0 fully saturated rings. The average Bonchev–Trinajstić information content (AvgIpc) is 3.12. The molecule has 0 aliphatic rings. The average molecular weight is 324 g/mol. The SMILES string of the molecule is CC[C@H](C(=O)c1ccccc1)n1nc(-c2cccs2)ccc1=O. The molecule has 0 bridgehead atoms. The quantitative estimate of drug-likeness (QED) is 0.671. The molecule has 4 nitrogen and oxygen atoms in total. The topological polar surface area (TPSA) is 52.0 Å². The summed E-state index contributed by atoms with van der Waals surface area (Å²) in [7, 11) is 0. The van der Waals surface area contributed by atoms with Crippen molar-refractivity contribution in [2.75, 3.05) is 0 Å². The molecular weight excluding hydrogens is 308 g/mol. The van der Waals surface area contributed by atoms with Crippen LogP contribution in [0.4, 0.5) is 0 Å². The highest BCUT2D eigenvalue weighted by Gasteiger charge is 2.22. The molecule has 3 rings (SSSR count). The molecule has 0 saturated heterocycles. The van der Waals surface area contributed by atoms with Crippen LogP contribution in [0, 0.1) is 0 Å². The largest absolute Gasteiger partial charge is 0.292 e. The minimum absolute atomic E-state index is 0.0916. The van der Waals surface area contributed by atoms with Crippen LogP contribution in [0.15, 0.2) is 64.8 Å². The first kappa shape index (κ1) is 15.4. The van der Waals surface area contributed by atoms with Crippen molar-refractivity contribution < 1.29 is 4.79 Å². The molecule has 0 N–H and O–H groups in total. The van der Waals surface area contributed by atoms with Crippen LogP contribution >= 0.6 is 11.3 Å². The minimum atomic E-state index is -0.593. The number of benzene rings is 1. The van der Waals surface area contributed by atoms with E-state index >= 15 is 0 Å². The van der Waals surface area contributed by atoms with E-state index in [1.165, 1.54) is 10.7 Å². The Bertz CT molecular complexity index is 854. The second kappa shape index (κ2) is 6.71. The molecule has 0 saturated carbocycles. The number of rotatable bonds is 5. The molecule has 0 radical (unpaired) electrons. The van der Waals surface area contributed by atoms with Crippen LogP contribution in [-0.4, -0.2) is 15.6 Å². The molecule has 2 heterocycles. The molecule has 0 aliphatic carbocycles. The van der Waals surface area contributed by atoms with Gasteiger partial charge in [-0.15, -0.1) is 11.3 Å². The van der Waals surface area contributed by atoms with E-state index in [0.717, 1.165) is 4.88 Å². The molecule has 1 aromatic carbocycles. The molecule has 0 amide bonds. The van der Waals surface area contributed by atoms with E-state index in [1.54, 1.807) is 29.5 Å². The van der Waals surface area contributed by atoms with Crippen LogP contribution in [0.2, 0.25) is 0 Å². The van der Waals surface area contributed by atoms with E-state index in [-0.39, 0.29) is 11.3 Å². The number of nitrogens with zero attached hydrogens (tertiary/aromatic N) is 2. The maximum Gasteiger partial charge on any atom is 0.267 e. The maximum atomic E-state index is 12.7. The van der Waals surface area contributed by atoms with Gasteiger partial charge in [0.2, 0.25) is 0 Å². The Hall–Kier alpha value is -2.53. The Balaban J connectivity index is 2.03. The number of hydrogen-bond acceptors (Lipinski definition) is 4. The molecule has 2 aromatic heterocycles. The minimum Gasteiger partial charge on any atom is -0.292 e. The summed E-state index contributed by atoms with van der Waals surface area (Å²) in [5.41, 5.74) is 1.04. The highest BCUT2D eigenvalue weighted by atomic mass is 32.1. The molecule has 0 aliphatic heterocycles. The number of ketones is 1. The Kier molecular flexibility index (Phi) is 4.48. The third-order valence-corrected chi connectivity index (χ3v) is 4.53. The zero-order chi connectivity index (χ0) is 16.2. The molecule has 5 heteroatoms. The lowest BCUT2D eigenvalue weighted by Crippen LogP contribution is -2.31. The Morgan fingerprint density at radius 2 is 1.91 bits per heavy atom. The number of carbonyl (C=O) groups excluding carboxylic acids is 1. The van der Waals surface area contributed by atoms with Gasteiger partial charge in [0.25, 0.3) is 5.56 Å². The van der Waals surface area contributed by atoms with Gasteiger partial charge < -0.3 is 0 Å². The zero-order valence-electron chi connectivity index (χ0n) is 12.7. The van der Waals surface area contributed by atoms with E-state index in [0.29, 0.717) is 17.7 Å². The predicted octanol–water partition coefficient (Wildman–Crippen LogP) is 3.81. The van der Waals surface area contributed by atoms with Gasteiger partial charge in [-0.2, -0.15) is 5.10 Å². The third-order valence-electron chi connectivity index (χ3n) is 3.64. The number of thiophene rings is 1. The van der Waals surface area contributed by atoms with Crippen molar-refractivity contribution in [1.29, 1.82) is 0 Å². The van der Waals surface area contributed by atoms with Crippen molar-refractivity contribution in [2.45, 2.75) is 19.4 Å². The van der Waals surface area contributed by atoms with E-state index in [9.17, 15) is 9.59 Å². The number of hydrogen-bond donors (Lipinski definition) is 0. The smallest absolute Gasteiger partial charge is 0.267 e. The van der Waals surface area contributed by atoms with Gasteiger partial charge in [-0.3, -0.25) is 9.59 Å². The van der Waals surface area contributed by atoms with Crippen molar-refractivity contribution in [2.24, 2.45) is 0 Å². The van der Waals surface area contributed by atoms with Crippen molar-refractivity contribution in [3.05, 3.63) is 75.9 Å². The summed E-state index contributed by atoms with van der Waals surface area (Å²) in [5, 5.41) is 6.38. The van der Waals surface area contributed by atoms with Gasteiger partial charge in [0.15, 0.2) is 5.78 Å². The van der Waals surface area contributed by atoms with Crippen molar-refractivity contribution in [3.8, 4) is 10.6 Å². The van der Waals surface area contributed by atoms with E-state index in [1.807, 2.05) is 42.6 Å². The van der Waals surface area contributed by atoms with Gasteiger partial charge in [0.05, 0.1) is 4.88 Å². The summed E-state index contributed by atoms with van der Waals surface area (Å²) in [5.74, 6) is -0.0916. The third kappa shape index (κ3) is 3.14. The lowest BCUT2D eigenvalue weighted by atomic mass is 10.0. The zero-order valence-corrected chi connectivity index (χ0v) is 13.5. The molecule has 1 atom stereocenters. The fourth-order valence-corrected chi connectivity index (χ4v) is 3.16. The summed E-state index contributed by atoms with van der Waals surface area (Å²) in [6, 6.07) is 15.5. The first-order chi connectivity index (χ1) is 11.2. The lowest BCUT2D eigenvalue weighted by molar-refractivity contribution is 0.0911. The first-order valence-corrected chi connectivity index (χ1v) is 8.31. The van der Waals surface area contributed by atoms with E-state index in [4.69, 9.17) is 0 Å². The summed E-state index contributed by atoms with van der Waals surface area (Å²) in [4.78, 5) is 25.9. The van der Waals surface area contributed by atoms with Gasteiger partial charge in [-0.1, -0.05) is 43.3 Å². The van der Waals surface area contributed by atoms with Gasteiger partial charge in [-0.25, -0.2) is 4.68 Å². The van der Waals surface area contributed by atoms with Crippen molar-refractivity contribution in [1.82, 2.24) is 9.78 Å². The number of aromatic nitrogens is 2. The lowest BCUT2D eigenvalue weighted by Gasteiger charge is -2.16. The second-order valence-corrected chi connectivity index (χ2v) is 6.08. The first-order valence-electron chi connectivity index (χ1n) is 7.43. The summed E-state index contributed by atoms with van der Waals surface area (Å²) < 4.78 is 1.31. The standard InChI is InChI=1S/C18H16N2O2S/c1-2-15(18(22)13-7-4-3-5-8-13)20-17(21)11-10-14(19-20)16-9-6-12-23-16/h3-12,15H,2H2,1H3/t15-/m1/s1. The molecule has 23 heavy (non-hydrogen) atoms. The fraction of sp³-hybridized carbons (Fsp3) is 0.167. The van der Waals surface area contributed by atoms with E-state index < -0.39 is 6.04 Å².